The van der Waals surface area contributed by atoms with Crippen LogP contribution in [0.3, 0.4) is 0 Å². The Bertz CT molecular complexity index is 839. The molecule has 136 valence electrons. The Morgan fingerprint density at radius 3 is 2.58 bits per heavy atom. The minimum Gasteiger partial charge on any atom is -0.493 e. The second kappa shape index (κ2) is 9.35. The summed E-state index contributed by atoms with van der Waals surface area (Å²) in [5.41, 5.74) is 4.21. The normalized spacial score (nSPS) is 10.6. The summed E-state index contributed by atoms with van der Waals surface area (Å²) < 4.78 is 12.4. The van der Waals surface area contributed by atoms with Crippen molar-refractivity contribution in [1.29, 1.82) is 0 Å². The van der Waals surface area contributed by atoms with Crippen molar-refractivity contribution >= 4 is 49.4 Å². The van der Waals surface area contributed by atoms with E-state index in [0.29, 0.717) is 28.3 Å². The SMILES string of the molecule is C=CCOc1c(OC)cc(/C=N/Nc2ccc([N+](=O)[O-])cc2)c(Br)c1Br. The summed E-state index contributed by atoms with van der Waals surface area (Å²) in [5, 5.41) is 14.8. The van der Waals surface area contributed by atoms with E-state index >= 15 is 0 Å². The third-order valence-electron chi connectivity index (χ3n) is 3.20. The molecular weight excluding hydrogens is 470 g/mol. The lowest BCUT2D eigenvalue weighted by atomic mass is 10.2. The molecule has 0 saturated heterocycles. The molecule has 0 aromatic heterocycles. The lowest BCUT2D eigenvalue weighted by Gasteiger charge is -2.14. The van der Waals surface area contributed by atoms with Gasteiger partial charge in [-0.3, -0.25) is 15.5 Å². The van der Waals surface area contributed by atoms with E-state index < -0.39 is 4.92 Å². The molecule has 0 bridgehead atoms. The van der Waals surface area contributed by atoms with Crippen LogP contribution in [0.4, 0.5) is 11.4 Å². The van der Waals surface area contributed by atoms with Crippen molar-refractivity contribution in [3.05, 3.63) is 67.6 Å². The van der Waals surface area contributed by atoms with Gasteiger partial charge in [-0.2, -0.15) is 5.10 Å². The summed E-state index contributed by atoms with van der Waals surface area (Å²) in [4.78, 5) is 10.2. The summed E-state index contributed by atoms with van der Waals surface area (Å²) in [5.74, 6) is 1.10. The summed E-state index contributed by atoms with van der Waals surface area (Å²) in [6.07, 6.45) is 3.24. The number of hydrazone groups is 1. The molecule has 26 heavy (non-hydrogen) atoms. The maximum absolute atomic E-state index is 10.7. The lowest BCUT2D eigenvalue weighted by Crippen LogP contribution is -2.00. The Morgan fingerprint density at radius 1 is 1.31 bits per heavy atom. The fraction of sp³-hybridized carbons (Fsp3) is 0.118. The molecule has 0 unspecified atom stereocenters. The number of rotatable bonds is 8. The van der Waals surface area contributed by atoms with E-state index in [9.17, 15) is 10.1 Å². The predicted molar refractivity (Wildman–Crippen MR) is 108 cm³/mol. The molecule has 0 heterocycles. The van der Waals surface area contributed by atoms with E-state index in [1.54, 1.807) is 37.6 Å². The molecule has 0 fully saturated rings. The van der Waals surface area contributed by atoms with Crippen LogP contribution in [0.2, 0.25) is 0 Å². The lowest BCUT2D eigenvalue weighted by molar-refractivity contribution is -0.384. The van der Waals surface area contributed by atoms with Gasteiger partial charge < -0.3 is 9.47 Å². The Hall–Kier alpha value is -2.39. The van der Waals surface area contributed by atoms with Gasteiger partial charge in [-0.05, 0) is 50.1 Å². The Labute approximate surface area is 167 Å². The van der Waals surface area contributed by atoms with E-state index in [4.69, 9.17) is 9.47 Å². The van der Waals surface area contributed by atoms with Gasteiger partial charge in [0, 0.05) is 22.2 Å². The quantitative estimate of drug-likeness (QED) is 0.242. The van der Waals surface area contributed by atoms with E-state index in [-0.39, 0.29) is 5.69 Å². The van der Waals surface area contributed by atoms with Crippen LogP contribution in [0.5, 0.6) is 11.5 Å². The van der Waals surface area contributed by atoms with Crippen LogP contribution >= 0.6 is 31.9 Å². The molecule has 0 radical (unpaired) electrons. The molecule has 1 N–H and O–H groups in total. The standard InChI is InChI=1S/C17H15Br2N3O4/c1-3-8-26-17-14(25-2)9-11(15(18)16(17)19)10-20-21-12-4-6-13(7-5-12)22(23)24/h3-7,9-10,21H,1,8H2,2H3/b20-10+. The van der Waals surface area contributed by atoms with Crippen LogP contribution in [-0.2, 0) is 0 Å². The van der Waals surface area contributed by atoms with Crippen LogP contribution in [0.15, 0.2) is 57.0 Å². The molecule has 0 amide bonds. The van der Waals surface area contributed by atoms with Gasteiger partial charge in [-0.25, -0.2) is 0 Å². The number of hydrogen-bond acceptors (Lipinski definition) is 6. The molecule has 0 atom stereocenters. The third kappa shape index (κ3) is 4.83. The number of nitrogens with zero attached hydrogens (tertiary/aromatic N) is 2. The topological polar surface area (TPSA) is 86.0 Å². The highest BCUT2D eigenvalue weighted by atomic mass is 79.9. The first kappa shape index (κ1) is 19.9. The van der Waals surface area contributed by atoms with E-state index in [2.05, 4.69) is 49.0 Å². The molecule has 2 aromatic carbocycles. The maximum Gasteiger partial charge on any atom is 0.269 e. The number of halogens is 2. The largest absolute Gasteiger partial charge is 0.493 e. The fourth-order valence-corrected chi connectivity index (χ4v) is 2.90. The van der Waals surface area contributed by atoms with Gasteiger partial charge in [-0.1, -0.05) is 12.7 Å². The van der Waals surface area contributed by atoms with Crippen molar-refractivity contribution in [3.63, 3.8) is 0 Å². The molecule has 7 nitrogen and oxygen atoms in total. The number of non-ortho nitro benzene ring substituents is 1. The number of nitro groups is 1. The van der Waals surface area contributed by atoms with Crippen molar-refractivity contribution in [2.45, 2.75) is 0 Å². The van der Waals surface area contributed by atoms with Gasteiger partial charge in [0.2, 0.25) is 0 Å². The number of nitrogens with one attached hydrogen (secondary N) is 1. The van der Waals surface area contributed by atoms with Gasteiger partial charge in [0.15, 0.2) is 11.5 Å². The first-order valence-corrected chi connectivity index (χ1v) is 8.89. The van der Waals surface area contributed by atoms with E-state index in [1.807, 2.05) is 0 Å². The number of anilines is 1. The molecular formula is C17H15Br2N3O4. The zero-order valence-electron chi connectivity index (χ0n) is 13.7. The van der Waals surface area contributed by atoms with Crippen molar-refractivity contribution in [1.82, 2.24) is 0 Å². The molecule has 2 rings (SSSR count). The molecule has 9 heteroatoms. The first-order valence-electron chi connectivity index (χ1n) is 7.31. The van der Waals surface area contributed by atoms with Gasteiger partial charge >= 0.3 is 0 Å². The summed E-state index contributed by atoms with van der Waals surface area (Å²) in [6, 6.07) is 7.73. The van der Waals surface area contributed by atoms with Gasteiger partial charge in [-0.15, -0.1) is 0 Å². The average molecular weight is 485 g/mol. The Kier molecular flexibility index (Phi) is 7.16. The van der Waals surface area contributed by atoms with Crippen LogP contribution in [0.25, 0.3) is 0 Å². The number of nitro benzene ring substituents is 1. The smallest absolute Gasteiger partial charge is 0.269 e. The van der Waals surface area contributed by atoms with E-state index in [0.717, 1.165) is 10.0 Å². The highest BCUT2D eigenvalue weighted by Crippen LogP contribution is 2.42. The van der Waals surface area contributed by atoms with Crippen molar-refractivity contribution in [2.75, 3.05) is 19.1 Å². The highest BCUT2D eigenvalue weighted by Gasteiger charge is 2.16. The molecule has 0 aliphatic rings. The highest BCUT2D eigenvalue weighted by molar-refractivity contribution is 9.13. The molecule has 0 aliphatic heterocycles. The van der Waals surface area contributed by atoms with Crippen LogP contribution in [0.1, 0.15) is 5.56 Å². The number of methoxy groups -OCH3 is 1. The summed E-state index contributed by atoms with van der Waals surface area (Å²) in [7, 11) is 1.55. The van der Waals surface area contributed by atoms with Crippen LogP contribution in [0, 0.1) is 10.1 Å². The first-order chi connectivity index (χ1) is 12.5. The molecule has 0 spiro atoms. The van der Waals surface area contributed by atoms with Crippen molar-refractivity contribution < 1.29 is 14.4 Å². The predicted octanol–water partition coefficient (Wildman–Crippen LogP) is 5.14. The average Bonchev–Trinajstić information content (AvgIpc) is 2.64. The molecule has 2 aromatic rings. The Morgan fingerprint density at radius 2 is 2.00 bits per heavy atom. The third-order valence-corrected chi connectivity index (χ3v) is 5.34. The second-order valence-corrected chi connectivity index (χ2v) is 6.48. The van der Waals surface area contributed by atoms with Gasteiger partial charge in [0.05, 0.1) is 28.4 Å². The van der Waals surface area contributed by atoms with Crippen molar-refractivity contribution in [2.24, 2.45) is 5.10 Å². The fourth-order valence-electron chi connectivity index (χ4n) is 1.96. The molecule has 0 aliphatic carbocycles. The monoisotopic (exact) mass is 483 g/mol. The molecule has 0 saturated carbocycles. The summed E-state index contributed by atoms with van der Waals surface area (Å²) >= 11 is 6.98. The van der Waals surface area contributed by atoms with Crippen LogP contribution < -0.4 is 14.9 Å². The minimum absolute atomic E-state index is 0.0195. The van der Waals surface area contributed by atoms with E-state index in [1.165, 1.54) is 12.1 Å². The van der Waals surface area contributed by atoms with Crippen molar-refractivity contribution in [3.8, 4) is 11.5 Å². The van der Waals surface area contributed by atoms with Gasteiger partial charge in [0.25, 0.3) is 5.69 Å². The Balaban J connectivity index is 2.20. The zero-order chi connectivity index (χ0) is 19.1. The number of hydrogen-bond donors (Lipinski definition) is 1. The number of ether oxygens (including phenoxy) is 2. The van der Waals surface area contributed by atoms with Gasteiger partial charge in [0.1, 0.15) is 6.61 Å². The maximum atomic E-state index is 10.7. The minimum atomic E-state index is -0.454. The number of benzene rings is 2. The zero-order valence-corrected chi connectivity index (χ0v) is 16.9. The second-order valence-electron chi connectivity index (χ2n) is 4.90. The van der Waals surface area contributed by atoms with Crippen LogP contribution in [-0.4, -0.2) is 24.9 Å². The summed E-state index contributed by atoms with van der Waals surface area (Å²) in [6.45, 7) is 3.97.